The molecule has 0 bridgehead atoms. The summed E-state index contributed by atoms with van der Waals surface area (Å²) in [5.41, 5.74) is 0.970. The first-order valence-corrected chi connectivity index (χ1v) is 8.62. The van der Waals surface area contributed by atoms with Gasteiger partial charge in [-0.25, -0.2) is 13.2 Å². The fourth-order valence-electron chi connectivity index (χ4n) is 2.37. The van der Waals surface area contributed by atoms with Crippen LogP contribution in [-0.2, 0) is 23.5 Å². The summed E-state index contributed by atoms with van der Waals surface area (Å²) in [6.07, 6.45) is 3.56. The van der Waals surface area contributed by atoms with E-state index >= 15 is 0 Å². The van der Waals surface area contributed by atoms with Crippen LogP contribution in [0.1, 0.15) is 29.8 Å². The van der Waals surface area contributed by atoms with E-state index in [1.165, 1.54) is 27.3 Å². The molecule has 7 nitrogen and oxygen atoms in total. The van der Waals surface area contributed by atoms with Crippen LogP contribution in [0.25, 0.3) is 0 Å². The molecule has 8 heteroatoms. The molecule has 0 saturated heterocycles. The van der Waals surface area contributed by atoms with Crippen molar-refractivity contribution in [2.75, 3.05) is 10.8 Å². The molecule has 0 aliphatic carbocycles. The Hall–Kier alpha value is -2.35. The van der Waals surface area contributed by atoms with Gasteiger partial charge in [0.05, 0.1) is 22.3 Å². The average Bonchev–Trinajstić information content (AvgIpc) is 2.93. The molecule has 1 heterocycles. The molecule has 0 aliphatic rings. The third kappa shape index (κ3) is 3.21. The van der Waals surface area contributed by atoms with Crippen LogP contribution in [0.5, 0.6) is 0 Å². The van der Waals surface area contributed by atoms with E-state index in [0.29, 0.717) is 17.7 Å². The Kier molecular flexibility index (Phi) is 4.74. The molecule has 0 unspecified atom stereocenters. The molecule has 0 atom stereocenters. The number of aromatic carboxylic acids is 1. The summed E-state index contributed by atoms with van der Waals surface area (Å²) in [5, 5.41) is 13.1. The Labute approximate surface area is 135 Å². The highest BCUT2D eigenvalue weighted by Gasteiger charge is 2.27. The van der Waals surface area contributed by atoms with Gasteiger partial charge in [0.2, 0.25) is 0 Å². The third-order valence-electron chi connectivity index (χ3n) is 3.53. The number of carboxylic acid groups (broad SMARTS) is 1. The summed E-state index contributed by atoms with van der Waals surface area (Å²) >= 11 is 0. The molecule has 1 N–H and O–H groups in total. The van der Waals surface area contributed by atoms with Crippen molar-refractivity contribution < 1.29 is 18.3 Å². The number of anilines is 1. The van der Waals surface area contributed by atoms with Crippen LogP contribution in [0.15, 0.2) is 35.5 Å². The van der Waals surface area contributed by atoms with Crippen LogP contribution in [-0.4, -0.2) is 35.8 Å². The number of sulfonamides is 1. The highest BCUT2D eigenvalue weighted by Crippen LogP contribution is 2.26. The predicted octanol–water partition coefficient (Wildman–Crippen LogP) is 1.90. The van der Waals surface area contributed by atoms with E-state index in [2.05, 4.69) is 5.10 Å². The Morgan fingerprint density at radius 3 is 2.52 bits per heavy atom. The molecule has 0 fully saturated rings. The van der Waals surface area contributed by atoms with Crippen molar-refractivity contribution in [2.45, 2.75) is 25.2 Å². The number of benzene rings is 1. The average molecular weight is 337 g/mol. The number of aromatic nitrogens is 2. The molecule has 124 valence electrons. The van der Waals surface area contributed by atoms with Gasteiger partial charge in [0.15, 0.2) is 0 Å². The number of aryl methyl sites for hydroxylation is 2. The normalized spacial score (nSPS) is 11.4. The van der Waals surface area contributed by atoms with Gasteiger partial charge in [-0.1, -0.05) is 13.0 Å². The van der Waals surface area contributed by atoms with Crippen molar-refractivity contribution in [1.82, 2.24) is 9.78 Å². The molecule has 2 rings (SSSR count). The molecule has 0 saturated carbocycles. The third-order valence-corrected chi connectivity index (χ3v) is 5.51. The zero-order chi connectivity index (χ0) is 17.2. The predicted molar refractivity (Wildman–Crippen MR) is 86.2 cm³/mol. The fraction of sp³-hybridized carbons (Fsp3) is 0.333. The van der Waals surface area contributed by atoms with Gasteiger partial charge in [0.25, 0.3) is 10.0 Å². The zero-order valence-corrected chi connectivity index (χ0v) is 14.0. The Morgan fingerprint density at radius 1 is 1.35 bits per heavy atom. The molecular weight excluding hydrogens is 318 g/mol. The maximum atomic E-state index is 13.0. The van der Waals surface area contributed by atoms with E-state index in [1.807, 2.05) is 6.92 Å². The standard InChI is InChI=1S/C15H19N3O4S/c1-4-11-6-7-12(15(19)20)8-14(11)23(21,22)18(5-2)13-9-16-17(3)10-13/h6-10H,4-5H2,1-3H3,(H,19,20). The van der Waals surface area contributed by atoms with E-state index < -0.39 is 16.0 Å². The van der Waals surface area contributed by atoms with E-state index in [1.54, 1.807) is 26.2 Å². The van der Waals surface area contributed by atoms with Crippen molar-refractivity contribution in [3.8, 4) is 0 Å². The summed E-state index contributed by atoms with van der Waals surface area (Å²) in [6, 6.07) is 4.18. The minimum atomic E-state index is -3.87. The quantitative estimate of drug-likeness (QED) is 0.869. The monoisotopic (exact) mass is 337 g/mol. The van der Waals surface area contributed by atoms with Crippen molar-refractivity contribution in [3.05, 3.63) is 41.7 Å². The topological polar surface area (TPSA) is 92.5 Å². The molecule has 1 aromatic carbocycles. The molecule has 0 spiro atoms. The fourth-order valence-corrected chi connectivity index (χ4v) is 4.14. The second kappa shape index (κ2) is 6.41. The SMILES string of the molecule is CCc1ccc(C(=O)O)cc1S(=O)(=O)N(CC)c1cnn(C)c1. The lowest BCUT2D eigenvalue weighted by Crippen LogP contribution is -2.31. The Morgan fingerprint density at radius 2 is 2.04 bits per heavy atom. The minimum Gasteiger partial charge on any atom is -0.478 e. The first-order valence-electron chi connectivity index (χ1n) is 7.18. The molecule has 0 amide bonds. The molecule has 0 aliphatic heterocycles. The van der Waals surface area contributed by atoms with Crippen LogP contribution in [0.2, 0.25) is 0 Å². The van der Waals surface area contributed by atoms with E-state index in [0.717, 1.165) is 0 Å². The summed E-state index contributed by atoms with van der Waals surface area (Å²) in [7, 11) is -2.17. The van der Waals surface area contributed by atoms with Crippen molar-refractivity contribution in [2.24, 2.45) is 7.05 Å². The summed E-state index contributed by atoms with van der Waals surface area (Å²) in [6.45, 7) is 3.76. The van der Waals surface area contributed by atoms with Crippen molar-refractivity contribution >= 4 is 21.7 Å². The van der Waals surface area contributed by atoms with Gasteiger partial charge >= 0.3 is 5.97 Å². The number of carbonyl (C=O) groups is 1. The van der Waals surface area contributed by atoms with Crippen LogP contribution < -0.4 is 4.31 Å². The first-order chi connectivity index (χ1) is 10.8. The number of hydrogen-bond acceptors (Lipinski definition) is 4. The number of carboxylic acids is 1. The summed E-state index contributed by atoms with van der Waals surface area (Å²) < 4.78 is 28.8. The maximum Gasteiger partial charge on any atom is 0.335 e. The first kappa shape index (κ1) is 17.0. The van der Waals surface area contributed by atoms with Gasteiger partial charge in [0.1, 0.15) is 0 Å². The lowest BCUT2D eigenvalue weighted by Gasteiger charge is -2.22. The second-order valence-corrected chi connectivity index (χ2v) is 6.85. The highest BCUT2D eigenvalue weighted by atomic mass is 32.2. The molecule has 1 aromatic heterocycles. The van der Waals surface area contributed by atoms with Gasteiger partial charge in [-0.3, -0.25) is 8.99 Å². The minimum absolute atomic E-state index is 0.0191. The van der Waals surface area contributed by atoms with Gasteiger partial charge in [-0.05, 0) is 31.0 Å². The lowest BCUT2D eigenvalue weighted by atomic mass is 10.1. The molecule has 2 aromatic rings. The maximum absolute atomic E-state index is 13.0. The van der Waals surface area contributed by atoms with Crippen LogP contribution in [0, 0.1) is 0 Å². The van der Waals surface area contributed by atoms with E-state index in [4.69, 9.17) is 5.11 Å². The number of nitrogens with zero attached hydrogens (tertiary/aromatic N) is 3. The summed E-state index contributed by atoms with van der Waals surface area (Å²) in [5.74, 6) is -1.16. The molecule has 23 heavy (non-hydrogen) atoms. The number of hydrogen-bond donors (Lipinski definition) is 1. The van der Waals surface area contributed by atoms with Gasteiger partial charge in [0, 0.05) is 19.8 Å². The van der Waals surface area contributed by atoms with Crippen LogP contribution in [0.4, 0.5) is 5.69 Å². The van der Waals surface area contributed by atoms with Crippen LogP contribution >= 0.6 is 0 Å². The van der Waals surface area contributed by atoms with E-state index in [9.17, 15) is 13.2 Å². The zero-order valence-electron chi connectivity index (χ0n) is 13.2. The van der Waals surface area contributed by atoms with Crippen molar-refractivity contribution in [1.29, 1.82) is 0 Å². The van der Waals surface area contributed by atoms with Crippen LogP contribution in [0.3, 0.4) is 0 Å². The molecular formula is C15H19N3O4S. The Bertz CT molecular complexity index is 827. The number of rotatable bonds is 6. The largest absolute Gasteiger partial charge is 0.478 e. The van der Waals surface area contributed by atoms with Gasteiger partial charge in [-0.2, -0.15) is 5.10 Å². The van der Waals surface area contributed by atoms with Gasteiger partial charge in [-0.15, -0.1) is 0 Å². The van der Waals surface area contributed by atoms with Crippen molar-refractivity contribution in [3.63, 3.8) is 0 Å². The highest BCUT2D eigenvalue weighted by molar-refractivity contribution is 7.92. The smallest absolute Gasteiger partial charge is 0.335 e. The summed E-state index contributed by atoms with van der Waals surface area (Å²) in [4.78, 5) is 11.2. The second-order valence-electron chi connectivity index (χ2n) is 5.02. The molecule has 0 radical (unpaired) electrons. The lowest BCUT2D eigenvalue weighted by molar-refractivity contribution is 0.0696. The Balaban J connectivity index is 2.61. The van der Waals surface area contributed by atoms with Gasteiger partial charge < -0.3 is 5.11 Å². The van der Waals surface area contributed by atoms with E-state index in [-0.39, 0.29) is 17.0 Å².